The van der Waals surface area contributed by atoms with E-state index < -0.39 is 0 Å². The highest BCUT2D eigenvalue weighted by atomic mass is 16.5. The molecular formula is C22H21N7O. The van der Waals surface area contributed by atoms with Crippen molar-refractivity contribution in [3.8, 4) is 23.1 Å². The summed E-state index contributed by atoms with van der Waals surface area (Å²) in [7, 11) is 1.92. The Morgan fingerprint density at radius 1 is 1.13 bits per heavy atom. The van der Waals surface area contributed by atoms with Gasteiger partial charge in [-0.25, -0.2) is 19.9 Å². The average molecular weight is 399 g/mol. The van der Waals surface area contributed by atoms with E-state index in [1.807, 2.05) is 41.9 Å². The fourth-order valence-corrected chi connectivity index (χ4v) is 3.55. The van der Waals surface area contributed by atoms with E-state index >= 15 is 0 Å². The number of rotatable bonds is 2. The minimum Gasteiger partial charge on any atom is -0.377 e. The smallest absolute Gasteiger partial charge is 0.209 e. The Bertz CT molecular complexity index is 1250. The zero-order valence-electron chi connectivity index (χ0n) is 16.8. The summed E-state index contributed by atoms with van der Waals surface area (Å²) in [5.74, 6) is 7.93. The summed E-state index contributed by atoms with van der Waals surface area (Å²) in [5.41, 5.74) is 3.52. The lowest BCUT2D eigenvalue weighted by Crippen LogP contribution is -2.44. The number of nitrogens with one attached hydrogen (secondary N) is 1. The quantitative estimate of drug-likeness (QED) is 0.521. The predicted octanol–water partition coefficient (Wildman–Crippen LogP) is 2.38. The highest BCUT2D eigenvalue weighted by Gasteiger charge is 2.24. The number of imidazole rings is 2. The number of fused-ring (bicyclic) bond motifs is 1. The van der Waals surface area contributed by atoms with E-state index in [1.54, 1.807) is 12.5 Å². The van der Waals surface area contributed by atoms with Gasteiger partial charge in [0.25, 0.3) is 0 Å². The van der Waals surface area contributed by atoms with Crippen LogP contribution >= 0.6 is 0 Å². The van der Waals surface area contributed by atoms with Crippen LogP contribution in [-0.4, -0.2) is 55.3 Å². The highest BCUT2D eigenvalue weighted by Crippen LogP contribution is 2.25. The molecule has 5 rings (SSSR count). The third-order valence-electron chi connectivity index (χ3n) is 5.13. The maximum absolute atomic E-state index is 5.57. The van der Waals surface area contributed by atoms with Gasteiger partial charge in [-0.15, -0.1) is 0 Å². The molecule has 1 aromatic carbocycles. The van der Waals surface area contributed by atoms with Gasteiger partial charge in [0.15, 0.2) is 22.8 Å². The number of benzene rings is 1. The second kappa shape index (κ2) is 7.61. The highest BCUT2D eigenvalue weighted by molar-refractivity contribution is 5.84. The van der Waals surface area contributed by atoms with Crippen molar-refractivity contribution in [2.75, 3.05) is 24.7 Å². The van der Waals surface area contributed by atoms with Gasteiger partial charge < -0.3 is 19.2 Å². The number of aromatic amines is 1. The van der Waals surface area contributed by atoms with Gasteiger partial charge in [-0.05, 0) is 24.3 Å². The van der Waals surface area contributed by atoms with E-state index in [0.29, 0.717) is 24.9 Å². The number of H-pyrrole nitrogens is 1. The van der Waals surface area contributed by atoms with Gasteiger partial charge in [0.2, 0.25) is 5.82 Å². The van der Waals surface area contributed by atoms with Crippen LogP contribution in [0.2, 0.25) is 0 Å². The van der Waals surface area contributed by atoms with Gasteiger partial charge in [-0.3, -0.25) is 0 Å². The number of anilines is 1. The maximum Gasteiger partial charge on any atom is 0.209 e. The Morgan fingerprint density at radius 2 is 2.00 bits per heavy atom. The average Bonchev–Trinajstić information content (AvgIpc) is 3.40. The van der Waals surface area contributed by atoms with E-state index in [2.05, 4.69) is 43.6 Å². The molecule has 1 N–H and O–H groups in total. The Labute approximate surface area is 174 Å². The third-order valence-corrected chi connectivity index (χ3v) is 5.13. The molecule has 0 amide bonds. The molecule has 0 saturated carbocycles. The molecule has 1 fully saturated rings. The minimum absolute atomic E-state index is 0.207. The molecule has 1 saturated heterocycles. The van der Waals surface area contributed by atoms with E-state index in [-0.39, 0.29) is 6.04 Å². The summed E-state index contributed by atoms with van der Waals surface area (Å²) in [6, 6.07) is 10.2. The van der Waals surface area contributed by atoms with Crippen molar-refractivity contribution in [2.45, 2.75) is 13.0 Å². The summed E-state index contributed by atoms with van der Waals surface area (Å²) < 4.78 is 7.46. The fraction of sp³-hybridized carbons (Fsp3) is 0.273. The van der Waals surface area contributed by atoms with Crippen LogP contribution in [-0.2, 0) is 11.8 Å². The van der Waals surface area contributed by atoms with Crippen LogP contribution in [0.4, 0.5) is 5.82 Å². The van der Waals surface area contributed by atoms with E-state index in [9.17, 15) is 0 Å². The van der Waals surface area contributed by atoms with Gasteiger partial charge in [-0.2, -0.15) is 0 Å². The first kappa shape index (κ1) is 18.3. The van der Waals surface area contributed by atoms with Gasteiger partial charge in [0.1, 0.15) is 0 Å². The number of hydrogen-bond donors (Lipinski definition) is 1. The molecule has 1 aliphatic heterocycles. The molecule has 150 valence electrons. The molecule has 0 unspecified atom stereocenters. The van der Waals surface area contributed by atoms with E-state index in [4.69, 9.17) is 9.72 Å². The van der Waals surface area contributed by atoms with Gasteiger partial charge in [-0.1, -0.05) is 30.3 Å². The summed E-state index contributed by atoms with van der Waals surface area (Å²) in [6.45, 7) is 4.21. The number of morpholine rings is 1. The zero-order chi connectivity index (χ0) is 20.5. The van der Waals surface area contributed by atoms with Gasteiger partial charge >= 0.3 is 0 Å². The predicted molar refractivity (Wildman–Crippen MR) is 114 cm³/mol. The normalized spacial score (nSPS) is 16.5. The van der Waals surface area contributed by atoms with Crippen molar-refractivity contribution >= 4 is 17.0 Å². The van der Waals surface area contributed by atoms with Crippen LogP contribution in [0.25, 0.3) is 22.4 Å². The summed E-state index contributed by atoms with van der Waals surface area (Å²) in [5, 5.41) is 0. The first-order chi connectivity index (χ1) is 14.7. The Hall–Kier alpha value is -3.70. The molecule has 1 aliphatic rings. The van der Waals surface area contributed by atoms with Crippen LogP contribution in [0.15, 0.2) is 42.9 Å². The first-order valence-corrected chi connectivity index (χ1v) is 9.85. The summed E-state index contributed by atoms with van der Waals surface area (Å²) in [6.07, 6.45) is 3.54. The second-order valence-electron chi connectivity index (χ2n) is 7.28. The fourth-order valence-electron chi connectivity index (χ4n) is 3.55. The van der Waals surface area contributed by atoms with Crippen LogP contribution in [0.5, 0.6) is 0 Å². The lowest BCUT2D eigenvalue weighted by atomic mass is 10.2. The number of nitrogens with zero attached hydrogens (tertiary/aromatic N) is 6. The Balaban J connectivity index is 1.51. The monoisotopic (exact) mass is 399 g/mol. The van der Waals surface area contributed by atoms with Gasteiger partial charge in [0, 0.05) is 13.6 Å². The van der Waals surface area contributed by atoms with Crippen LogP contribution < -0.4 is 4.90 Å². The first-order valence-electron chi connectivity index (χ1n) is 9.85. The molecule has 8 heteroatoms. The van der Waals surface area contributed by atoms with Crippen molar-refractivity contribution < 1.29 is 4.74 Å². The van der Waals surface area contributed by atoms with Crippen LogP contribution in [0, 0.1) is 11.8 Å². The van der Waals surface area contributed by atoms with Crippen molar-refractivity contribution in [3.63, 3.8) is 0 Å². The number of hydrogen-bond acceptors (Lipinski definition) is 6. The standard InChI is InChI=1S/C22H21N7O/c1-15-13-30-11-10-29(15)22-20-21(28(2)14-24-20)26-19(27-22)9-8-18-23-12-17(25-18)16-6-4-3-5-7-16/h3-7,12,14-15H,10-11,13H2,1-2H3,(H,23,25)/t15-/m0/s1. The Morgan fingerprint density at radius 3 is 2.83 bits per heavy atom. The van der Waals surface area contributed by atoms with E-state index in [1.165, 1.54) is 0 Å². The van der Waals surface area contributed by atoms with Crippen LogP contribution in [0.3, 0.4) is 0 Å². The van der Waals surface area contributed by atoms with Crippen molar-refractivity contribution in [2.24, 2.45) is 7.05 Å². The van der Waals surface area contributed by atoms with Crippen molar-refractivity contribution in [1.29, 1.82) is 0 Å². The SMILES string of the molecule is C[C@H]1COCCN1c1nc(C#Cc2ncc(-c3ccccc3)[nH]2)nc2c1ncn2C. The lowest BCUT2D eigenvalue weighted by molar-refractivity contribution is 0.0986. The molecule has 4 aromatic rings. The van der Waals surface area contributed by atoms with Gasteiger partial charge in [0.05, 0.1) is 37.5 Å². The topological polar surface area (TPSA) is 84.8 Å². The molecule has 4 heterocycles. The van der Waals surface area contributed by atoms with Crippen molar-refractivity contribution in [1.82, 2.24) is 29.5 Å². The van der Waals surface area contributed by atoms with Crippen LogP contribution in [0.1, 0.15) is 18.6 Å². The Kier molecular flexibility index (Phi) is 4.65. The third kappa shape index (κ3) is 3.40. The summed E-state index contributed by atoms with van der Waals surface area (Å²) >= 11 is 0. The summed E-state index contributed by atoms with van der Waals surface area (Å²) in [4.78, 5) is 23.7. The number of aryl methyl sites for hydroxylation is 1. The molecular weight excluding hydrogens is 378 g/mol. The lowest BCUT2D eigenvalue weighted by Gasteiger charge is -2.34. The molecule has 0 radical (unpaired) electrons. The molecule has 3 aromatic heterocycles. The molecule has 8 nitrogen and oxygen atoms in total. The molecule has 0 bridgehead atoms. The second-order valence-corrected chi connectivity index (χ2v) is 7.28. The zero-order valence-corrected chi connectivity index (χ0v) is 16.8. The molecule has 0 spiro atoms. The number of ether oxygens (including phenoxy) is 1. The molecule has 0 aliphatic carbocycles. The molecule has 30 heavy (non-hydrogen) atoms. The number of aromatic nitrogens is 6. The molecule has 1 atom stereocenters. The minimum atomic E-state index is 0.207. The van der Waals surface area contributed by atoms with E-state index in [0.717, 1.165) is 34.8 Å². The maximum atomic E-state index is 5.57. The largest absolute Gasteiger partial charge is 0.377 e. The van der Waals surface area contributed by atoms with Crippen molar-refractivity contribution in [3.05, 3.63) is 54.5 Å².